The third-order valence-electron chi connectivity index (χ3n) is 7.55. The summed E-state index contributed by atoms with van der Waals surface area (Å²) in [7, 11) is 0. The van der Waals surface area contributed by atoms with Crippen molar-refractivity contribution in [2.75, 3.05) is 26.2 Å². The lowest BCUT2D eigenvalue weighted by molar-refractivity contribution is -0.133. The van der Waals surface area contributed by atoms with Gasteiger partial charge in [-0.15, -0.1) is 11.3 Å². The maximum Gasteiger partial charge on any atom is 0.426 e. The third kappa shape index (κ3) is 4.70. The van der Waals surface area contributed by atoms with Gasteiger partial charge in [0.2, 0.25) is 0 Å². The highest BCUT2D eigenvalue weighted by Gasteiger charge is 2.63. The molecule has 2 fully saturated rings. The molecule has 0 spiro atoms. The number of ether oxygens (including phenoxy) is 2. The van der Waals surface area contributed by atoms with E-state index < -0.39 is 28.6 Å². The number of likely N-dealkylation sites (tertiary alicyclic amines) is 1. The Labute approximate surface area is 220 Å². The lowest BCUT2D eigenvalue weighted by Gasteiger charge is -2.25. The molecule has 200 valence electrons. The summed E-state index contributed by atoms with van der Waals surface area (Å²) in [5, 5.41) is 19.3. The SMILES string of the molecule is OC(O)[C@@]12C[C@@H]1CN(CC1=Cc3c(F)cc(OCc4cc(-c5ccccc5)c(C(F)(F)F)s4)cc3OC1)C2. The minimum Gasteiger partial charge on any atom is -0.488 e. The van der Waals surface area contributed by atoms with Crippen LogP contribution >= 0.6 is 11.3 Å². The number of halogens is 4. The molecule has 2 atom stereocenters. The second kappa shape index (κ2) is 9.37. The van der Waals surface area contributed by atoms with Crippen molar-refractivity contribution >= 4 is 17.4 Å². The van der Waals surface area contributed by atoms with Gasteiger partial charge < -0.3 is 19.7 Å². The molecule has 1 aliphatic carbocycles. The molecular weight excluding hydrogens is 522 g/mol. The molecule has 3 heterocycles. The number of rotatable bonds is 7. The van der Waals surface area contributed by atoms with E-state index in [-0.39, 0.29) is 30.4 Å². The first-order valence-electron chi connectivity index (χ1n) is 12.2. The lowest BCUT2D eigenvalue weighted by Crippen LogP contribution is -2.33. The van der Waals surface area contributed by atoms with Crippen molar-refractivity contribution in [3.63, 3.8) is 0 Å². The van der Waals surface area contributed by atoms with Crippen molar-refractivity contribution in [1.82, 2.24) is 4.90 Å². The first-order chi connectivity index (χ1) is 18.1. The molecule has 2 N–H and O–H groups in total. The van der Waals surface area contributed by atoms with E-state index in [0.717, 1.165) is 18.5 Å². The van der Waals surface area contributed by atoms with Crippen LogP contribution in [0.4, 0.5) is 17.6 Å². The van der Waals surface area contributed by atoms with E-state index in [1.165, 1.54) is 12.1 Å². The summed E-state index contributed by atoms with van der Waals surface area (Å²) in [6.45, 7) is 2.01. The van der Waals surface area contributed by atoms with Crippen molar-refractivity contribution in [3.05, 3.63) is 75.2 Å². The van der Waals surface area contributed by atoms with Gasteiger partial charge in [-0.3, -0.25) is 4.90 Å². The Kier molecular flexibility index (Phi) is 6.26. The first-order valence-corrected chi connectivity index (χ1v) is 13.1. The van der Waals surface area contributed by atoms with E-state index in [9.17, 15) is 27.8 Å². The lowest BCUT2D eigenvalue weighted by atomic mass is 10.0. The van der Waals surface area contributed by atoms with E-state index in [0.29, 0.717) is 46.2 Å². The molecule has 38 heavy (non-hydrogen) atoms. The van der Waals surface area contributed by atoms with E-state index >= 15 is 0 Å². The number of aliphatic hydroxyl groups is 2. The Morgan fingerprint density at radius 1 is 1.16 bits per heavy atom. The zero-order chi connectivity index (χ0) is 26.7. The number of hydrogen-bond donors (Lipinski definition) is 2. The van der Waals surface area contributed by atoms with Crippen molar-refractivity contribution in [3.8, 4) is 22.6 Å². The van der Waals surface area contributed by atoms with Gasteiger partial charge in [0.25, 0.3) is 0 Å². The average molecular weight is 548 g/mol. The molecule has 10 heteroatoms. The van der Waals surface area contributed by atoms with Crippen LogP contribution in [0, 0.1) is 17.2 Å². The van der Waals surface area contributed by atoms with Gasteiger partial charge in [0.1, 0.15) is 35.4 Å². The maximum absolute atomic E-state index is 15.0. The monoisotopic (exact) mass is 547 g/mol. The number of aliphatic hydroxyl groups excluding tert-OH is 1. The Hall–Kier alpha value is -2.92. The van der Waals surface area contributed by atoms with Crippen LogP contribution in [0.15, 0.2) is 54.1 Å². The van der Waals surface area contributed by atoms with Gasteiger partial charge >= 0.3 is 6.18 Å². The number of hydrogen-bond acceptors (Lipinski definition) is 6. The van der Waals surface area contributed by atoms with Crippen LogP contribution in [0.3, 0.4) is 0 Å². The van der Waals surface area contributed by atoms with Crippen LogP contribution in [-0.2, 0) is 12.8 Å². The molecule has 0 unspecified atom stereocenters. The normalized spacial score (nSPS) is 22.6. The molecule has 1 saturated carbocycles. The molecule has 2 aliphatic heterocycles. The number of alkyl halides is 3. The van der Waals surface area contributed by atoms with Gasteiger partial charge in [-0.1, -0.05) is 30.3 Å². The van der Waals surface area contributed by atoms with Gasteiger partial charge in [-0.25, -0.2) is 4.39 Å². The molecule has 1 saturated heterocycles. The number of benzene rings is 2. The molecule has 3 aliphatic rings. The minimum atomic E-state index is -4.50. The van der Waals surface area contributed by atoms with Gasteiger partial charge in [0, 0.05) is 47.6 Å². The maximum atomic E-state index is 15.0. The second-order valence-corrected chi connectivity index (χ2v) is 11.3. The Bertz CT molecular complexity index is 1390. The quantitative estimate of drug-likeness (QED) is 0.300. The fraction of sp³-hybridized carbons (Fsp3) is 0.357. The summed E-state index contributed by atoms with van der Waals surface area (Å²) in [4.78, 5) is 1.80. The molecule has 6 rings (SSSR count). The second-order valence-electron chi connectivity index (χ2n) is 10.2. The molecule has 5 nitrogen and oxygen atoms in total. The standard InChI is InChI=1S/C28H25F4NO4S/c29-23-7-19(36-14-20-9-21(17-4-2-1-3-5-17)25(38-20)28(30,31)32)8-24-22(23)6-16(13-37-24)11-33-12-18-10-27(18,15-33)26(34)35/h1-9,18,26,34-35H,10-15H2/t18-,27-/m1/s1. The van der Waals surface area contributed by atoms with Crippen LogP contribution in [0.2, 0.25) is 0 Å². The summed E-state index contributed by atoms with van der Waals surface area (Å²) in [6, 6.07) is 12.6. The molecule has 2 aromatic carbocycles. The molecular formula is C28H25F4NO4S. The largest absolute Gasteiger partial charge is 0.488 e. The summed E-state index contributed by atoms with van der Waals surface area (Å²) in [5.74, 6) is 0.200. The average Bonchev–Trinajstić information content (AvgIpc) is 3.22. The van der Waals surface area contributed by atoms with E-state index in [1.807, 2.05) is 0 Å². The highest BCUT2D eigenvalue weighted by atomic mass is 32.1. The van der Waals surface area contributed by atoms with Crippen LogP contribution < -0.4 is 9.47 Å². The highest BCUT2D eigenvalue weighted by Crippen LogP contribution is 2.59. The fourth-order valence-corrected chi connectivity index (χ4v) is 6.53. The smallest absolute Gasteiger partial charge is 0.426 e. The number of thiophene rings is 1. The summed E-state index contributed by atoms with van der Waals surface area (Å²) < 4.78 is 67.5. The molecule has 1 aromatic heterocycles. The minimum absolute atomic E-state index is 0.0917. The summed E-state index contributed by atoms with van der Waals surface area (Å²) in [5.41, 5.74) is 1.29. The van der Waals surface area contributed by atoms with Crippen molar-refractivity contribution in [1.29, 1.82) is 0 Å². The first kappa shape index (κ1) is 25.4. The fourth-order valence-electron chi connectivity index (χ4n) is 5.57. The predicted molar refractivity (Wildman–Crippen MR) is 134 cm³/mol. The van der Waals surface area contributed by atoms with Crippen molar-refractivity contribution in [2.24, 2.45) is 11.3 Å². The van der Waals surface area contributed by atoms with Crippen LogP contribution in [0.5, 0.6) is 11.5 Å². The summed E-state index contributed by atoms with van der Waals surface area (Å²) >= 11 is 0.613. The van der Waals surface area contributed by atoms with E-state index in [2.05, 4.69) is 4.90 Å². The third-order valence-corrected chi connectivity index (χ3v) is 8.70. The number of fused-ring (bicyclic) bond motifs is 2. The molecule has 0 amide bonds. The summed E-state index contributed by atoms with van der Waals surface area (Å²) in [6.07, 6.45) is -3.28. The van der Waals surface area contributed by atoms with Crippen LogP contribution in [0.1, 0.15) is 21.7 Å². The molecule has 3 aromatic rings. The van der Waals surface area contributed by atoms with E-state index in [4.69, 9.17) is 9.47 Å². The molecule has 0 bridgehead atoms. The van der Waals surface area contributed by atoms with Crippen LogP contribution in [0.25, 0.3) is 17.2 Å². The number of nitrogens with zero attached hydrogens (tertiary/aromatic N) is 1. The topological polar surface area (TPSA) is 62.2 Å². The highest BCUT2D eigenvalue weighted by molar-refractivity contribution is 7.12. The Morgan fingerprint density at radius 2 is 1.95 bits per heavy atom. The zero-order valence-corrected chi connectivity index (χ0v) is 21.0. The van der Waals surface area contributed by atoms with E-state index in [1.54, 1.807) is 42.5 Å². The van der Waals surface area contributed by atoms with Gasteiger partial charge in [-0.2, -0.15) is 13.2 Å². The van der Waals surface area contributed by atoms with Gasteiger partial charge in [0.05, 0.1) is 5.56 Å². The van der Waals surface area contributed by atoms with Gasteiger partial charge in [-0.05, 0) is 35.6 Å². The number of piperidine rings is 1. The van der Waals surface area contributed by atoms with Crippen LogP contribution in [-0.4, -0.2) is 47.6 Å². The predicted octanol–water partition coefficient (Wildman–Crippen LogP) is 5.56. The van der Waals surface area contributed by atoms with Crippen molar-refractivity contribution < 1.29 is 37.2 Å². The molecule has 0 radical (unpaired) electrons. The van der Waals surface area contributed by atoms with Crippen molar-refractivity contribution in [2.45, 2.75) is 25.5 Å². The zero-order valence-electron chi connectivity index (χ0n) is 20.2. The Morgan fingerprint density at radius 3 is 2.66 bits per heavy atom. The Balaban J connectivity index is 1.15. The van der Waals surface area contributed by atoms with Gasteiger partial charge in [0.15, 0.2) is 6.29 Å².